The fourth-order valence-corrected chi connectivity index (χ4v) is 5.54. The second-order valence-corrected chi connectivity index (χ2v) is 12.9. The van der Waals surface area contributed by atoms with Crippen molar-refractivity contribution in [2.24, 2.45) is 5.92 Å². The zero-order valence-corrected chi connectivity index (χ0v) is 25.5. The van der Waals surface area contributed by atoms with Gasteiger partial charge in [0.1, 0.15) is 17.0 Å². The Morgan fingerprint density at radius 2 is 1.63 bits per heavy atom. The van der Waals surface area contributed by atoms with E-state index >= 15 is 0 Å². The lowest BCUT2D eigenvalue weighted by molar-refractivity contribution is 0.0147. The van der Waals surface area contributed by atoms with Crippen LogP contribution < -0.4 is 9.64 Å². The molecule has 4 rings (SSSR count). The molecule has 0 saturated carbocycles. The molecule has 0 bridgehead atoms. The SMILES string of the molecule is COc1ccccc1[C@@H]1CCN(C(=O)OC(C)(C)C)C[C@H]1CN(C)c1ccc2c(c1)C(=O)N(C(=O)OC(C)(C)C)C2. The smallest absolute Gasteiger partial charge is 0.417 e. The van der Waals surface area contributed by atoms with Crippen LogP contribution in [0.25, 0.3) is 0 Å². The molecule has 0 aliphatic carbocycles. The molecule has 2 atom stereocenters. The lowest BCUT2D eigenvalue weighted by atomic mass is 9.79. The van der Waals surface area contributed by atoms with Gasteiger partial charge in [0.15, 0.2) is 0 Å². The number of ether oxygens (including phenoxy) is 3. The molecule has 2 aromatic carbocycles. The summed E-state index contributed by atoms with van der Waals surface area (Å²) in [5, 5.41) is 0. The van der Waals surface area contributed by atoms with Crippen LogP contribution in [0.5, 0.6) is 5.75 Å². The normalized spacial score (nSPS) is 19.1. The van der Waals surface area contributed by atoms with Gasteiger partial charge in [-0.3, -0.25) is 4.79 Å². The van der Waals surface area contributed by atoms with E-state index in [0.717, 1.165) is 33.9 Å². The number of hydrogen-bond donors (Lipinski definition) is 0. The van der Waals surface area contributed by atoms with E-state index in [0.29, 0.717) is 25.2 Å². The van der Waals surface area contributed by atoms with Crippen LogP contribution in [-0.4, -0.2) is 72.9 Å². The average molecular weight is 566 g/mol. The predicted molar refractivity (Wildman–Crippen MR) is 157 cm³/mol. The van der Waals surface area contributed by atoms with Gasteiger partial charge in [-0.1, -0.05) is 24.3 Å². The second-order valence-electron chi connectivity index (χ2n) is 12.9. The molecule has 0 radical (unpaired) electrons. The quantitative estimate of drug-likeness (QED) is 0.435. The third kappa shape index (κ3) is 7.13. The zero-order chi connectivity index (χ0) is 30.1. The lowest BCUT2D eigenvalue weighted by Crippen LogP contribution is -2.48. The largest absolute Gasteiger partial charge is 0.496 e. The Labute approximate surface area is 243 Å². The van der Waals surface area contributed by atoms with Crippen molar-refractivity contribution in [2.45, 2.75) is 71.6 Å². The Kier molecular flexibility index (Phi) is 8.57. The average Bonchev–Trinajstić information content (AvgIpc) is 3.22. The van der Waals surface area contributed by atoms with Crippen molar-refractivity contribution in [3.8, 4) is 5.75 Å². The van der Waals surface area contributed by atoms with Gasteiger partial charge in [-0.25, -0.2) is 14.5 Å². The van der Waals surface area contributed by atoms with Crippen molar-refractivity contribution in [2.75, 3.05) is 38.7 Å². The van der Waals surface area contributed by atoms with E-state index in [9.17, 15) is 14.4 Å². The number of methoxy groups -OCH3 is 1. The first kappa shape index (κ1) is 30.2. The molecule has 222 valence electrons. The summed E-state index contributed by atoms with van der Waals surface area (Å²) in [7, 11) is 3.66. The summed E-state index contributed by atoms with van der Waals surface area (Å²) >= 11 is 0. The van der Waals surface area contributed by atoms with Crippen LogP contribution in [0, 0.1) is 5.92 Å². The van der Waals surface area contributed by atoms with Crippen molar-refractivity contribution in [3.63, 3.8) is 0 Å². The number of fused-ring (bicyclic) bond motifs is 1. The molecule has 0 unspecified atom stereocenters. The van der Waals surface area contributed by atoms with E-state index in [1.165, 1.54) is 0 Å². The maximum absolute atomic E-state index is 13.2. The first-order valence-corrected chi connectivity index (χ1v) is 14.2. The van der Waals surface area contributed by atoms with Crippen molar-refractivity contribution in [1.82, 2.24) is 9.80 Å². The highest BCUT2D eigenvalue weighted by atomic mass is 16.6. The summed E-state index contributed by atoms with van der Waals surface area (Å²) in [6.07, 6.45) is -0.183. The van der Waals surface area contributed by atoms with Gasteiger partial charge in [-0.05, 0) is 83.2 Å². The molecule has 3 amide bonds. The fourth-order valence-electron chi connectivity index (χ4n) is 5.54. The highest BCUT2D eigenvalue weighted by Crippen LogP contribution is 2.39. The third-order valence-corrected chi connectivity index (χ3v) is 7.38. The maximum atomic E-state index is 13.2. The fraction of sp³-hybridized carbons (Fsp3) is 0.531. The molecule has 2 aliphatic heterocycles. The van der Waals surface area contributed by atoms with Crippen LogP contribution in [0.4, 0.5) is 15.3 Å². The Balaban J connectivity index is 1.56. The zero-order valence-electron chi connectivity index (χ0n) is 25.5. The van der Waals surface area contributed by atoms with Crippen LogP contribution in [-0.2, 0) is 16.0 Å². The number of nitrogens with zero attached hydrogens (tertiary/aromatic N) is 3. The molecular formula is C32H43N3O6. The van der Waals surface area contributed by atoms with Crippen LogP contribution in [0.2, 0.25) is 0 Å². The Morgan fingerprint density at radius 3 is 2.29 bits per heavy atom. The number of amides is 3. The Morgan fingerprint density at radius 1 is 0.976 bits per heavy atom. The standard InChI is InChI=1S/C32H43N3O6/c1-31(2,3)40-29(37)34-16-15-24(25-11-9-10-12-27(25)39-8)22(19-34)18-33(7)23-14-13-21-20-35(28(36)26(21)17-23)30(38)41-32(4,5)6/h9-14,17,22,24H,15-16,18-20H2,1-8H3/t22-,24-/m1/s1. The predicted octanol–water partition coefficient (Wildman–Crippen LogP) is 6.06. The van der Waals surface area contributed by atoms with Crippen LogP contribution in [0.3, 0.4) is 0 Å². The lowest BCUT2D eigenvalue weighted by Gasteiger charge is -2.41. The van der Waals surface area contributed by atoms with E-state index in [1.54, 1.807) is 32.8 Å². The number of carbonyl (C=O) groups is 3. The molecular weight excluding hydrogens is 522 g/mol. The molecule has 9 nitrogen and oxygen atoms in total. The van der Waals surface area contributed by atoms with Gasteiger partial charge >= 0.3 is 12.2 Å². The molecule has 2 aromatic rings. The van der Waals surface area contributed by atoms with Gasteiger partial charge in [-0.15, -0.1) is 0 Å². The topological polar surface area (TPSA) is 88.6 Å². The van der Waals surface area contributed by atoms with Crippen LogP contribution >= 0.6 is 0 Å². The number of likely N-dealkylation sites (tertiary alicyclic amines) is 1. The summed E-state index contributed by atoms with van der Waals surface area (Å²) in [4.78, 5) is 43.9. The number of para-hydroxylation sites is 1. The van der Waals surface area contributed by atoms with Gasteiger partial charge in [0.25, 0.3) is 5.91 Å². The van der Waals surface area contributed by atoms with E-state index in [4.69, 9.17) is 14.2 Å². The summed E-state index contributed by atoms with van der Waals surface area (Å²) < 4.78 is 16.8. The van der Waals surface area contributed by atoms with Crippen molar-refractivity contribution in [3.05, 3.63) is 59.2 Å². The number of hydrogen-bond acceptors (Lipinski definition) is 7. The van der Waals surface area contributed by atoms with E-state index < -0.39 is 17.3 Å². The minimum atomic E-state index is -0.692. The van der Waals surface area contributed by atoms with Gasteiger partial charge < -0.3 is 24.0 Å². The molecule has 0 N–H and O–H groups in total. The van der Waals surface area contributed by atoms with E-state index in [1.807, 2.05) is 64.2 Å². The van der Waals surface area contributed by atoms with Crippen LogP contribution in [0.1, 0.15) is 75.4 Å². The van der Waals surface area contributed by atoms with Crippen molar-refractivity contribution >= 4 is 23.8 Å². The summed E-state index contributed by atoms with van der Waals surface area (Å²) in [5.74, 6) is 0.706. The van der Waals surface area contributed by atoms with Gasteiger partial charge in [-0.2, -0.15) is 0 Å². The molecule has 0 aromatic heterocycles. The highest BCUT2D eigenvalue weighted by Gasteiger charge is 2.38. The van der Waals surface area contributed by atoms with Crippen LogP contribution in [0.15, 0.2) is 42.5 Å². The summed E-state index contributed by atoms with van der Waals surface area (Å²) in [5.41, 5.74) is 2.00. The van der Waals surface area contributed by atoms with Crippen molar-refractivity contribution < 1.29 is 28.6 Å². The summed E-state index contributed by atoms with van der Waals surface area (Å²) in [6, 6.07) is 13.8. The number of imide groups is 1. The number of anilines is 1. The first-order chi connectivity index (χ1) is 19.2. The van der Waals surface area contributed by atoms with Gasteiger partial charge in [0, 0.05) is 43.9 Å². The monoisotopic (exact) mass is 565 g/mol. The molecule has 1 fully saturated rings. The molecule has 41 heavy (non-hydrogen) atoms. The number of benzene rings is 2. The molecule has 2 heterocycles. The molecule has 9 heteroatoms. The second kappa shape index (κ2) is 11.6. The Bertz CT molecular complexity index is 1300. The van der Waals surface area contributed by atoms with Crippen molar-refractivity contribution in [1.29, 1.82) is 0 Å². The first-order valence-electron chi connectivity index (χ1n) is 14.2. The van der Waals surface area contributed by atoms with E-state index in [2.05, 4.69) is 11.0 Å². The van der Waals surface area contributed by atoms with E-state index in [-0.39, 0.29) is 30.4 Å². The minimum absolute atomic E-state index is 0.0692. The number of rotatable bonds is 5. The summed E-state index contributed by atoms with van der Waals surface area (Å²) in [6.45, 7) is 12.9. The molecule has 2 aliphatic rings. The van der Waals surface area contributed by atoms with Gasteiger partial charge in [0.2, 0.25) is 0 Å². The molecule has 1 saturated heterocycles. The minimum Gasteiger partial charge on any atom is -0.496 e. The third-order valence-electron chi connectivity index (χ3n) is 7.38. The molecule has 0 spiro atoms. The number of carbonyl (C=O) groups excluding carboxylic acids is 3. The number of piperidine rings is 1. The Hall–Kier alpha value is -3.75. The van der Waals surface area contributed by atoms with Gasteiger partial charge in [0.05, 0.1) is 13.7 Å². The maximum Gasteiger partial charge on any atom is 0.417 e. The highest BCUT2D eigenvalue weighted by molar-refractivity contribution is 6.07.